The maximum atomic E-state index is 12.7. The smallest absolute Gasteiger partial charge is 0.255 e. The van der Waals surface area contributed by atoms with E-state index in [0.29, 0.717) is 5.56 Å². The number of piperidine rings is 1. The summed E-state index contributed by atoms with van der Waals surface area (Å²) in [7, 11) is 0. The Morgan fingerprint density at radius 3 is 2.40 bits per heavy atom. The van der Waals surface area contributed by atoms with Gasteiger partial charge in [0.15, 0.2) is 0 Å². The molecule has 5 nitrogen and oxygen atoms in total. The van der Waals surface area contributed by atoms with Crippen LogP contribution in [0.1, 0.15) is 49.0 Å². The predicted molar refractivity (Wildman–Crippen MR) is 122 cm³/mol. The first-order valence-corrected chi connectivity index (χ1v) is 11.2. The molecule has 160 valence electrons. The van der Waals surface area contributed by atoms with Crippen LogP contribution in [0.4, 0.5) is 11.4 Å². The molecule has 0 radical (unpaired) electrons. The maximum Gasteiger partial charge on any atom is 0.255 e. The lowest BCUT2D eigenvalue weighted by Crippen LogP contribution is -2.44. The second-order valence-corrected chi connectivity index (χ2v) is 8.70. The fourth-order valence-electron chi connectivity index (χ4n) is 4.57. The molecule has 1 amide bonds. The third-order valence-corrected chi connectivity index (χ3v) is 5.94. The minimum absolute atomic E-state index is 0.0639. The van der Waals surface area contributed by atoms with E-state index in [9.17, 15) is 4.79 Å². The molecule has 1 N–H and O–H groups in total. The Morgan fingerprint density at radius 1 is 1.00 bits per heavy atom. The first-order chi connectivity index (χ1) is 14.6. The highest BCUT2D eigenvalue weighted by Gasteiger charge is 2.22. The molecule has 2 aliphatic heterocycles. The van der Waals surface area contributed by atoms with Crippen molar-refractivity contribution in [2.45, 2.75) is 51.9 Å². The molecule has 2 atom stereocenters. The van der Waals surface area contributed by atoms with E-state index in [1.807, 2.05) is 24.3 Å². The number of ether oxygens (including phenoxy) is 1. The lowest BCUT2D eigenvalue weighted by Gasteiger charge is -2.35. The van der Waals surface area contributed by atoms with Crippen LogP contribution < -0.4 is 10.2 Å². The zero-order valence-electron chi connectivity index (χ0n) is 18.1. The Balaban J connectivity index is 1.36. The SMILES string of the molecule is CC1CN(Cc2ccc(C(=O)Nc3cccc(N4CCCCC4)c3)cc2)CC(C)O1. The number of hydrogen-bond donors (Lipinski definition) is 1. The number of nitrogens with zero attached hydrogens (tertiary/aromatic N) is 2. The summed E-state index contributed by atoms with van der Waals surface area (Å²) in [4.78, 5) is 17.6. The summed E-state index contributed by atoms with van der Waals surface area (Å²) in [5.74, 6) is -0.0639. The molecule has 0 saturated carbocycles. The van der Waals surface area contributed by atoms with Gasteiger partial charge in [0.1, 0.15) is 0 Å². The average Bonchev–Trinajstić information content (AvgIpc) is 2.74. The van der Waals surface area contributed by atoms with Gasteiger partial charge in [-0.25, -0.2) is 0 Å². The van der Waals surface area contributed by atoms with Crippen molar-refractivity contribution in [1.29, 1.82) is 0 Å². The van der Waals surface area contributed by atoms with E-state index < -0.39 is 0 Å². The van der Waals surface area contributed by atoms with Gasteiger partial charge in [0.25, 0.3) is 5.91 Å². The zero-order valence-corrected chi connectivity index (χ0v) is 18.1. The van der Waals surface area contributed by atoms with Crippen LogP contribution in [0.25, 0.3) is 0 Å². The second-order valence-electron chi connectivity index (χ2n) is 8.70. The number of carbonyl (C=O) groups excluding carboxylic acids is 1. The molecule has 2 unspecified atom stereocenters. The van der Waals surface area contributed by atoms with E-state index in [0.717, 1.165) is 38.4 Å². The third-order valence-electron chi connectivity index (χ3n) is 5.94. The van der Waals surface area contributed by atoms with Crippen LogP contribution in [0, 0.1) is 0 Å². The number of carbonyl (C=O) groups is 1. The highest BCUT2D eigenvalue weighted by molar-refractivity contribution is 6.04. The van der Waals surface area contributed by atoms with Gasteiger partial charge in [0.2, 0.25) is 0 Å². The monoisotopic (exact) mass is 407 g/mol. The number of benzene rings is 2. The molecule has 0 aliphatic carbocycles. The topological polar surface area (TPSA) is 44.8 Å². The lowest BCUT2D eigenvalue weighted by atomic mass is 10.1. The highest BCUT2D eigenvalue weighted by Crippen LogP contribution is 2.23. The van der Waals surface area contributed by atoms with Crippen molar-refractivity contribution in [2.24, 2.45) is 0 Å². The van der Waals surface area contributed by atoms with Gasteiger partial charge in [-0.15, -0.1) is 0 Å². The Labute approximate surface area is 180 Å². The van der Waals surface area contributed by atoms with Crippen molar-refractivity contribution in [3.63, 3.8) is 0 Å². The van der Waals surface area contributed by atoms with Crippen molar-refractivity contribution >= 4 is 17.3 Å². The zero-order chi connectivity index (χ0) is 20.9. The molecule has 2 aliphatic rings. The summed E-state index contributed by atoms with van der Waals surface area (Å²) in [5.41, 5.74) is 3.95. The molecule has 30 heavy (non-hydrogen) atoms. The van der Waals surface area contributed by atoms with Gasteiger partial charge in [-0.2, -0.15) is 0 Å². The summed E-state index contributed by atoms with van der Waals surface area (Å²) in [6.45, 7) is 9.21. The van der Waals surface area contributed by atoms with E-state index in [2.05, 4.69) is 53.2 Å². The molecule has 2 aromatic carbocycles. The lowest BCUT2D eigenvalue weighted by molar-refractivity contribution is -0.0704. The van der Waals surface area contributed by atoms with Crippen LogP contribution >= 0.6 is 0 Å². The third kappa shape index (κ3) is 5.41. The fraction of sp³-hybridized carbons (Fsp3) is 0.480. The predicted octanol–water partition coefficient (Wildman–Crippen LogP) is 4.54. The largest absolute Gasteiger partial charge is 0.373 e. The summed E-state index contributed by atoms with van der Waals surface area (Å²) >= 11 is 0. The highest BCUT2D eigenvalue weighted by atomic mass is 16.5. The average molecular weight is 408 g/mol. The molecule has 2 aromatic rings. The van der Waals surface area contributed by atoms with Gasteiger partial charge in [0.05, 0.1) is 12.2 Å². The van der Waals surface area contributed by atoms with E-state index >= 15 is 0 Å². The van der Waals surface area contributed by atoms with Crippen molar-refractivity contribution in [3.8, 4) is 0 Å². The van der Waals surface area contributed by atoms with Gasteiger partial charge in [-0.3, -0.25) is 9.69 Å². The number of rotatable bonds is 5. The van der Waals surface area contributed by atoms with E-state index in [-0.39, 0.29) is 18.1 Å². The molecule has 0 bridgehead atoms. The molecule has 2 saturated heterocycles. The standard InChI is InChI=1S/C25H33N3O2/c1-19-16-27(17-20(2)30-19)18-21-9-11-22(12-10-21)25(29)26-23-7-6-8-24(15-23)28-13-4-3-5-14-28/h6-12,15,19-20H,3-5,13-14,16-18H2,1-2H3,(H,26,29). The van der Waals surface area contributed by atoms with Crippen LogP contribution in [0.2, 0.25) is 0 Å². The minimum atomic E-state index is -0.0639. The van der Waals surface area contributed by atoms with Crippen molar-refractivity contribution in [2.75, 3.05) is 36.4 Å². The Morgan fingerprint density at radius 2 is 1.70 bits per heavy atom. The second kappa shape index (κ2) is 9.63. The number of hydrogen-bond acceptors (Lipinski definition) is 4. The van der Waals surface area contributed by atoms with Crippen LogP contribution in [0.15, 0.2) is 48.5 Å². The van der Waals surface area contributed by atoms with E-state index in [1.165, 1.54) is 30.5 Å². The van der Waals surface area contributed by atoms with Gasteiger partial charge < -0.3 is 15.0 Å². The van der Waals surface area contributed by atoms with Crippen molar-refractivity contribution in [3.05, 3.63) is 59.7 Å². The summed E-state index contributed by atoms with van der Waals surface area (Å²) < 4.78 is 5.81. The molecule has 0 spiro atoms. The van der Waals surface area contributed by atoms with Gasteiger partial charge in [-0.05, 0) is 69.0 Å². The number of amides is 1. The van der Waals surface area contributed by atoms with E-state index in [1.54, 1.807) is 0 Å². The van der Waals surface area contributed by atoms with Crippen LogP contribution in [0.3, 0.4) is 0 Å². The fourth-order valence-corrected chi connectivity index (χ4v) is 4.57. The number of anilines is 2. The van der Waals surface area contributed by atoms with Crippen LogP contribution in [0.5, 0.6) is 0 Å². The Bertz CT molecular complexity index is 836. The normalized spacial score (nSPS) is 22.7. The molecule has 2 fully saturated rings. The van der Waals surface area contributed by atoms with Crippen LogP contribution in [-0.4, -0.2) is 49.2 Å². The molecule has 2 heterocycles. The Hall–Kier alpha value is -2.37. The quantitative estimate of drug-likeness (QED) is 0.790. The molecule has 0 aromatic heterocycles. The summed E-state index contributed by atoms with van der Waals surface area (Å²) in [6, 6.07) is 16.2. The maximum absolute atomic E-state index is 12.7. The molecule has 4 rings (SSSR count). The van der Waals surface area contributed by atoms with Crippen LogP contribution in [-0.2, 0) is 11.3 Å². The molecular formula is C25H33N3O2. The van der Waals surface area contributed by atoms with Crippen molar-refractivity contribution in [1.82, 2.24) is 4.90 Å². The first kappa shape index (κ1) is 20.9. The Kier molecular flexibility index (Phi) is 6.70. The van der Waals surface area contributed by atoms with E-state index in [4.69, 9.17) is 4.74 Å². The minimum Gasteiger partial charge on any atom is -0.373 e. The number of nitrogens with one attached hydrogen (secondary N) is 1. The number of morpholine rings is 1. The summed E-state index contributed by atoms with van der Waals surface area (Å²) in [5, 5.41) is 3.06. The summed E-state index contributed by atoms with van der Waals surface area (Å²) in [6.07, 6.45) is 4.32. The van der Waals surface area contributed by atoms with Gasteiger partial charge in [-0.1, -0.05) is 18.2 Å². The molecular weight excluding hydrogens is 374 g/mol. The van der Waals surface area contributed by atoms with Gasteiger partial charge >= 0.3 is 0 Å². The van der Waals surface area contributed by atoms with Gasteiger partial charge in [0, 0.05) is 49.7 Å². The van der Waals surface area contributed by atoms with Crippen molar-refractivity contribution < 1.29 is 9.53 Å². The first-order valence-electron chi connectivity index (χ1n) is 11.2. The molecule has 5 heteroatoms.